The second kappa shape index (κ2) is 9.45. The van der Waals surface area contributed by atoms with Crippen LogP contribution in [-0.4, -0.2) is 37.7 Å². The van der Waals surface area contributed by atoms with Gasteiger partial charge >= 0.3 is 0 Å². The molecule has 2 aromatic heterocycles. The van der Waals surface area contributed by atoms with E-state index in [0.29, 0.717) is 17.2 Å². The summed E-state index contributed by atoms with van der Waals surface area (Å²) >= 11 is 1.16. The number of pyridine rings is 1. The Labute approximate surface area is 178 Å². The molecule has 0 aliphatic heterocycles. The van der Waals surface area contributed by atoms with E-state index in [2.05, 4.69) is 15.6 Å². The maximum Gasteiger partial charge on any atom is 0.295 e. The number of carbonyl (C=O) groups excluding carboxylic acids is 2. The molecule has 0 saturated carbocycles. The third kappa shape index (κ3) is 4.98. The Bertz CT molecular complexity index is 1100. The van der Waals surface area contributed by atoms with Crippen molar-refractivity contribution in [2.75, 3.05) is 22.1 Å². The Hall–Kier alpha value is -3.33. The highest BCUT2D eigenvalue weighted by Crippen LogP contribution is 2.14. The van der Waals surface area contributed by atoms with Crippen molar-refractivity contribution in [2.24, 2.45) is 7.05 Å². The third-order valence-electron chi connectivity index (χ3n) is 4.46. The SMILES string of the molecule is Cc1ccc(NC(=O)CSCC(=O)Nc2c(C)n(C)n(-c3ccccc3)c2=O)nc1. The highest BCUT2D eigenvalue weighted by molar-refractivity contribution is 8.00. The molecule has 3 aromatic rings. The van der Waals surface area contributed by atoms with Gasteiger partial charge in [0.25, 0.3) is 5.56 Å². The maximum atomic E-state index is 12.8. The van der Waals surface area contributed by atoms with Gasteiger partial charge in [-0.15, -0.1) is 11.8 Å². The molecule has 156 valence electrons. The Morgan fingerprint density at radius 2 is 1.67 bits per heavy atom. The molecular weight excluding hydrogens is 402 g/mol. The second-order valence-electron chi connectivity index (χ2n) is 6.75. The van der Waals surface area contributed by atoms with E-state index in [9.17, 15) is 14.4 Å². The number of hydrogen-bond acceptors (Lipinski definition) is 5. The first-order chi connectivity index (χ1) is 14.4. The van der Waals surface area contributed by atoms with Gasteiger partial charge in [-0.3, -0.25) is 19.1 Å². The van der Waals surface area contributed by atoms with Gasteiger partial charge < -0.3 is 10.6 Å². The molecule has 30 heavy (non-hydrogen) atoms. The highest BCUT2D eigenvalue weighted by Gasteiger charge is 2.18. The van der Waals surface area contributed by atoms with E-state index in [0.717, 1.165) is 17.3 Å². The number of hydrogen-bond donors (Lipinski definition) is 2. The number of anilines is 2. The third-order valence-corrected chi connectivity index (χ3v) is 5.40. The van der Waals surface area contributed by atoms with Gasteiger partial charge in [-0.1, -0.05) is 24.3 Å². The molecule has 0 aliphatic rings. The zero-order valence-corrected chi connectivity index (χ0v) is 17.8. The molecule has 2 amide bonds. The number of rotatable bonds is 7. The van der Waals surface area contributed by atoms with Crippen LogP contribution in [0.4, 0.5) is 11.5 Å². The van der Waals surface area contributed by atoms with Crippen LogP contribution in [0.25, 0.3) is 5.69 Å². The van der Waals surface area contributed by atoms with Gasteiger partial charge in [0.2, 0.25) is 11.8 Å². The van der Waals surface area contributed by atoms with E-state index in [1.807, 2.05) is 43.3 Å². The average molecular weight is 426 g/mol. The van der Waals surface area contributed by atoms with Crippen molar-refractivity contribution in [2.45, 2.75) is 13.8 Å². The van der Waals surface area contributed by atoms with Crippen LogP contribution in [0.15, 0.2) is 53.5 Å². The number of carbonyl (C=O) groups is 2. The van der Waals surface area contributed by atoms with Crippen molar-refractivity contribution < 1.29 is 9.59 Å². The molecule has 3 rings (SSSR count). The molecule has 8 nitrogen and oxygen atoms in total. The quantitative estimate of drug-likeness (QED) is 0.606. The van der Waals surface area contributed by atoms with E-state index in [-0.39, 0.29) is 34.6 Å². The minimum atomic E-state index is -0.340. The van der Waals surface area contributed by atoms with Crippen LogP contribution in [0.3, 0.4) is 0 Å². The fraction of sp³-hybridized carbons (Fsp3) is 0.238. The van der Waals surface area contributed by atoms with Gasteiger partial charge in [-0.25, -0.2) is 9.67 Å². The standard InChI is InChI=1S/C21H23N5O3S/c1-14-9-10-17(22-11-14)23-18(27)12-30-13-19(28)24-20-15(2)25(3)26(21(20)29)16-7-5-4-6-8-16/h4-11H,12-13H2,1-3H3,(H,24,28)(H,22,23,27). The van der Waals surface area contributed by atoms with Crippen molar-refractivity contribution in [3.63, 3.8) is 0 Å². The first-order valence-electron chi connectivity index (χ1n) is 9.31. The first-order valence-corrected chi connectivity index (χ1v) is 10.5. The monoisotopic (exact) mass is 425 g/mol. The van der Waals surface area contributed by atoms with Crippen molar-refractivity contribution in [3.8, 4) is 5.69 Å². The van der Waals surface area contributed by atoms with E-state index < -0.39 is 0 Å². The lowest BCUT2D eigenvalue weighted by Crippen LogP contribution is -2.24. The van der Waals surface area contributed by atoms with Gasteiger partial charge in [0.15, 0.2) is 0 Å². The summed E-state index contributed by atoms with van der Waals surface area (Å²) in [4.78, 5) is 41.2. The number of nitrogens with zero attached hydrogens (tertiary/aromatic N) is 3. The van der Waals surface area contributed by atoms with Gasteiger partial charge in [0.1, 0.15) is 11.5 Å². The molecule has 0 spiro atoms. The Balaban J connectivity index is 1.57. The molecule has 2 N–H and O–H groups in total. The largest absolute Gasteiger partial charge is 0.319 e. The van der Waals surface area contributed by atoms with Crippen LogP contribution >= 0.6 is 11.8 Å². The number of para-hydroxylation sites is 1. The Kier molecular flexibility index (Phi) is 6.73. The zero-order chi connectivity index (χ0) is 21.7. The van der Waals surface area contributed by atoms with Crippen LogP contribution in [-0.2, 0) is 16.6 Å². The zero-order valence-electron chi connectivity index (χ0n) is 17.0. The van der Waals surface area contributed by atoms with E-state index in [4.69, 9.17) is 0 Å². The smallest absolute Gasteiger partial charge is 0.295 e. The van der Waals surface area contributed by atoms with Crippen LogP contribution < -0.4 is 16.2 Å². The van der Waals surface area contributed by atoms with Crippen molar-refractivity contribution in [1.29, 1.82) is 0 Å². The Morgan fingerprint density at radius 3 is 2.30 bits per heavy atom. The summed E-state index contributed by atoms with van der Waals surface area (Å²) in [5.74, 6) is 0.0366. The minimum absolute atomic E-state index is 0.0495. The second-order valence-corrected chi connectivity index (χ2v) is 7.73. The van der Waals surface area contributed by atoms with Gasteiger partial charge in [-0.2, -0.15) is 0 Å². The summed E-state index contributed by atoms with van der Waals surface area (Å²) < 4.78 is 3.20. The predicted molar refractivity (Wildman–Crippen MR) is 119 cm³/mol. The van der Waals surface area contributed by atoms with Crippen molar-refractivity contribution in [3.05, 3.63) is 70.3 Å². The normalized spacial score (nSPS) is 10.6. The summed E-state index contributed by atoms with van der Waals surface area (Å²) in [5, 5.41) is 5.36. The first kappa shape index (κ1) is 21.4. The van der Waals surface area contributed by atoms with E-state index >= 15 is 0 Å². The molecule has 2 heterocycles. The summed E-state index contributed by atoms with van der Waals surface area (Å²) in [7, 11) is 1.76. The lowest BCUT2D eigenvalue weighted by Gasteiger charge is -2.07. The summed E-state index contributed by atoms with van der Waals surface area (Å²) in [6.45, 7) is 3.68. The molecule has 0 unspecified atom stereocenters. The lowest BCUT2D eigenvalue weighted by molar-refractivity contribution is -0.114. The van der Waals surface area contributed by atoms with Crippen molar-refractivity contribution >= 4 is 35.1 Å². The summed E-state index contributed by atoms with van der Waals surface area (Å²) in [6.07, 6.45) is 1.67. The van der Waals surface area contributed by atoms with Gasteiger partial charge in [0, 0.05) is 13.2 Å². The average Bonchev–Trinajstić information content (AvgIpc) is 2.93. The highest BCUT2D eigenvalue weighted by atomic mass is 32.2. The molecule has 0 radical (unpaired) electrons. The molecule has 1 aromatic carbocycles. The number of aromatic nitrogens is 3. The summed E-state index contributed by atoms with van der Waals surface area (Å²) in [6, 6.07) is 12.8. The van der Waals surface area contributed by atoms with Crippen LogP contribution in [0.2, 0.25) is 0 Å². The molecule has 0 fully saturated rings. The Morgan fingerprint density at radius 1 is 1.00 bits per heavy atom. The molecule has 0 atom stereocenters. The number of aryl methyl sites for hydroxylation is 1. The van der Waals surface area contributed by atoms with Gasteiger partial charge in [0.05, 0.1) is 22.9 Å². The number of thioether (sulfide) groups is 1. The van der Waals surface area contributed by atoms with Crippen LogP contribution in [0.5, 0.6) is 0 Å². The molecular formula is C21H23N5O3S. The summed E-state index contributed by atoms with van der Waals surface area (Å²) in [5.41, 5.74) is 2.29. The van der Waals surface area contributed by atoms with Crippen molar-refractivity contribution in [1.82, 2.24) is 14.3 Å². The lowest BCUT2D eigenvalue weighted by atomic mass is 10.3. The fourth-order valence-electron chi connectivity index (χ4n) is 2.84. The number of nitrogens with one attached hydrogen (secondary N) is 2. The molecule has 9 heteroatoms. The van der Waals surface area contributed by atoms with Gasteiger partial charge in [-0.05, 0) is 37.6 Å². The minimum Gasteiger partial charge on any atom is -0.319 e. The number of amides is 2. The molecule has 0 aliphatic carbocycles. The topological polar surface area (TPSA) is 98.0 Å². The fourth-order valence-corrected chi connectivity index (χ4v) is 3.46. The predicted octanol–water partition coefficient (Wildman–Crippen LogP) is 2.50. The molecule has 0 saturated heterocycles. The van der Waals surface area contributed by atoms with E-state index in [1.54, 1.807) is 30.9 Å². The maximum absolute atomic E-state index is 12.8. The number of benzene rings is 1. The van der Waals surface area contributed by atoms with E-state index in [1.165, 1.54) is 4.68 Å². The van der Waals surface area contributed by atoms with Crippen LogP contribution in [0, 0.1) is 13.8 Å². The van der Waals surface area contributed by atoms with Crippen LogP contribution in [0.1, 0.15) is 11.3 Å². The molecule has 0 bridgehead atoms.